The maximum Gasteiger partial charge on any atom is 0.335 e. The lowest BCUT2D eigenvalue weighted by atomic mass is 9.88. The predicted octanol–water partition coefficient (Wildman–Crippen LogP) is 3.21. The number of carbonyl (C=O) groups excluding carboxylic acids is 1. The van der Waals surface area contributed by atoms with E-state index in [9.17, 15) is 9.59 Å². The minimum Gasteiger partial charge on any atom is -0.478 e. The Morgan fingerprint density at radius 1 is 1.21 bits per heavy atom. The fraction of sp³-hybridized carbons (Fsp3) is 0.467. The van der Waals surface area contributed by atoms with E-state index >= 15 is 0 Å². The fourth-order valence-electron chi connectivity index (χ4n) is 2.49. The van der Waals surface area contributed by atoms with Gasteiger partial charge in [0.2, 0.25) is 5.91 Å². The van der Waals surface area contributed by atoms with Gasteiger partial charge in [-0.15, -0.1) is 0 Å². The summed E-state index contributed by atoms with van der Waals surface area (Å²) < 4.78 is 0. The molecule has 1 aliphatic rings. The van der Waals surface area contributed by atoms with Crippen LogP contribution >= 0.6 is 0 Å². The van der Waals surface area contributed by atoms with Crippen molar-refractivity contribution in [3.8, 4) is 0 Å². The Hall–Kier alpha value is -1.84. The van der Waals surface area contributed by atoms with Crippen LogP contribution in [0, 0.1) is 12.8 Å². The molecule has 1 aromatic rings. The molecule has 102 valence electrons. The number of aryl methyl sites for hydroxylation is 1. The molecule has 2 N–H and O–H groups in total. The van der Waals surface area contributed by atoms with Crippen LogP contribution < -0.4 is 5.32 Å². The van der Waals surface area contributed by atoms with Crippen LogP contribution in [-0.2, 0) is 4.79 Å². The van der Waals surface area contributed by atoms with Crippen molar-refractivity contribution in [1.29, 1.82) is 0 Å². The number of carboxylic acids is 1. The Bertz CT molecular complexity index is 490. The number of aromatic carboxylic acids is 1. The first kappa shape index (κ1) is 13.6. The largest absolute Gasteiger partial charge is 0.478 e. The van der Waals surface area contributed by atoms with Crippen molar-refractivity contribution >= 4 is 17.6 Å². The standard InChI is InChI=1S/C15H19NO3/c1-10-7-8-12(15(18)19)9-13(10)16-14(17)11-5-3-2-4-6-11/h7-9,11H,2-6H2,1H3,(H,16,17)(H,18,19). The van der Waals surface area contributed by atoms with Gasteiger partial charge in [-0.3, -0.25) is 4.79 Å². The van der Waals surface area contributed by atoms with Crippen LogP contribution in [-0.4, -0.2) is 17.0 Å². The Morgan fingerprint density at radius 3 is 2.53 bits per heavy atom. The molecule has 1 aliphatic carbocycles. The van der Waals surface area contributed by atoms with Crippen molar-refractivity contribution < 1.29 is 14.7 Å². The lowest BCUT2D eigenvalue weighted by molar-refractivity contribution is -0.120. The summed E-state index contributed by atoms with van der Waals surface area (Å²) in [6, 6.07) is 4.80. The molecule has 0 aliphatic heterocycles. The van der Waals surface area contributed by atoms with Crippen molar-refractivity contribution in [2.45, 2.75) is 39.0 Å². The molecule has 1 fully saturated rings. The number of nitrogens with one attached hydrogen (secondary N) is 1. The van der Waals surface area contributed by atoms with E-state index in [1.54, 1.807) is 12.1 Å². The molecule has 0 spiro atoms. The summed E-state index contributed by atoms with van der Waals surface area (Å²) in [6.45, 7) is 1.86. The Balaban J connectivity index is 2.11. The number of anilines is 1. The van der Waals surface area contributed by atoms with Crippen molar-refractivity contribution in [2.75, 3.05) is 5.32 Å². The van der Waals surface area contributed by atoms with E-state index in [0.717, 1.165) is 31.2 Å². The van der Waals surface area contributed by atoms with E-state index in [2.05, 4.69) is 5.32 Å². The van der Waals surface area contributed by atoms with Crippen LogP contribution in [0.4, 0.5) is 5.69 Å². The van der Waals surface area contributed by atoms with Gasteiger partial charge in [-0.25, -0.2) is 4.79 Å². The smallest absolute Gasteiger partial charge is 0.335 e. The molecule has 4 heteroatoms. The van der Waals surface area contributed by atoms with Crippen LogP contribution in [0.3, 0.4) is 0 Å². The molecule has 1 amide bonds. The van der Waals surface area contributed by atoms with Gasteiger partial charge in [0.1, 0.15) is 0 Å². The third-order valence-corrected chi connectivity index (χ3v) is 3.72. The number of rotatable bonds is 3. The molecule has 19 heavy (non-hydrogen) atoms. The van der Waals surface area contributed by atoms with Crippen molar-refractivity contribution in [3.05, 3.63) is 29.3 Å². The predicted molar refractivity (Wildman–Crippen MR) is 73.3 cm³/mol. The van der Waals surface area contributed by atoms with Crippen LogP contribution in [0.25, 0.3) is 0 Å². The Kier molecular flexibility index (Phi) is 4.20. The summed E-state index contributed by atoms with van der Waals surface area (Å²) in [5.41, 5.74) is 1.69. The molecular formula is C15H19NO3. The number of carbonyl (C=O) groups is 2. The highest BCUT2D eigenvalue weighted by Crippen LogP contribution is 2.26. The highest BCUT2D eigenvalue weighted by Gasteiger charge is 2.21. The molecule has 1 aromatic carbocycles. The van der Waals surface area contributed by atoms with Gasteiger partial charge in [-0.1, -0.05) is 25.3 Å². The molecule has 0 bridgehead atoms. The molecule has 0 atom stereocenters. The molecule has 0 aromatic heterocycles. The van der Waals surface area contributed by atoms with E-state index in [4.69, 9.17) is 5.11 Å². The summed E-state index contributed by atoms with van der Waals surface area (Å²) in [7, 11) is 0. The van der Waals surface area contributed by atoms with Gasteiger partial charge in [-0.2, -0.15) is 0 Å². The van der Waals surface area contributed by atoms with E-state index in [1.807, 2.05) is 6.92 Å². The first-order valence-corrected chi connectivity index (χ1v) is 6.73. The van der Waals surface area contributed by atoms with Gasteiger partial charge in [-0.05, 0) is 37.5 Å². The maximum atomic E-state index is 12.1. The summed E-state index contributed by atoms with van der Waals surface area (Å²) in [5.74, 6) is -0.889. The molecular weight excluding hydrogens is 242 g/mol. The first-order valence-electron chi connectivity index (χ1n) is 6.73. The van der Waals surface area contributed by atoms with Crippen LogP contribution in [0.1, 0.15) is 48.0 Å². The second kappa shape index (κ2) is 5.87. The van der Waals surface area contributed by atoms with E-state index in [1.165, 1.54) is 12.5 Å². The molecule has 0 saturated heterocycles. The second-order valence-electron chi connectivity index (χ2n) is 5.16. The van der Waals surface area contributed by atoms with Gasteiger partial charge in [0.25, 0.3) is 0 Å². The maximum absolute atomic E-state index is 12.1. The summed E-state index contributed by atoms with van der Waals surface area (Å²) in [5, 5.41) is 11.8. The number of carboxylic acid groups (broad SMARTS) is 1. The Labute approximate surface area is 112 Å². The summed E-state index contributed by atoms with van der Waals surface area (Å²) in [6.07, 6.45) is 5.28. The average Bonchev–Trinajstić information content (AvgIpc) is 2.42. The summed E-state index contributed by atoms with van der Waals surface area (Å²) >= 11 is 0. The van der Waals surface area contributed by atoms with Gasteiger partial charge >= 0.3 is 5.97 Å². The zero-order chi connectivity index (χ0) is 13.8. The SMILES string of the molecule is Cc1ccc(C(=O)O)cc1NC(=O)C1CCCCC1. The third-order valence-electron chi connectivity index (χ3n) is 3.72. The topological polar surface area (TPSA) is 66.4 Å². The molecule has 2 rings (SSSR count). The fourth-order valence-corrected chi connectivity index (χ4v) is 2.49. The molecule has 4 nitrogen and oxygen atoms in total. The van der Waals surface area contributed by atoms with E-state index in [0.29, 0.717) is 5.69 Å². The van der Waals surface area contributed by atoms with E-state index in [-0.39, 0.29) is 17.4 Å². The zero-order valence-electron chi connectivity index (χ0n) is 11.1. The number of hydrogen-bond acceptors (Lipinski definition) is 2. The highest BCUT2D eigenvalue weighted by atomic mass is 16.4. The average molecular weight is 261 g/mol. The van der Waals surface area contributed by atoms with Gasteiger partial charge in [0.05, 0.1) is 5.56 Å². The van der Waals surface area contributed by atoms with Gasteiger partial charge in [0, 0.05) is 11.6 Å². The highest BCUT2D eigenvalue weighted by molar-refractivity contribution is 5.95. The number of amides is 1. The summed E-state index contributed by atoms with van der Waals surface area (Å²) in [4.78, 5) is 23.1. The lowest BCUT2D eigenvalue weighted by Gasteiger charge is -2.21. The first-order chi connectivity index (χ1) is 9.08. The lowest BCUT2D eigenvalue weighted by Crippen LogP contribution is -2.25. The number of hydrogen-bond donors (Lipinski definition) is 2. The molecule has 0 heterocycles. The van der Waals surface area contributed by atoms with E-state index < -0.39 is 5.97 Å². The van der Waals surface area contributed by atoms with Crippen molar-refractivity contribution in [2.24, 2.45) is 5.92 Å². The minimum absolute atomic E-state index is 0.0188. The molecule has 0 radical (unpaired) electrons. The van der Waals surface area contributed by atoms with Crippen LogP contribution in [0.5, 0.6) is 0 Å². The van der Waals surface area contributed by atoms with Crippen molar-refractivity contribution in [3.63, 3.8) is 0 Å². The van der Waals surface area contributed by atoms with Gasteiger partial charge < -0.3 is 10.4 Å². The number of benzene rings is 1. The Morgan fingerprint density at radius 2 is 1.89 bits per heavy atom. The second-order valence-corrected chi connectivity index (χ2v) is 5.16. The molecule has 1 saturated carbocycles. The van der Waals surface area contributed by atoms with Crippen LogP contribution in [0.2, 0.25) is 0 Å². The van der Waals surface area contributed by atoms with Crippen molar-refractivity contribution in [1.82, 2.24) is 0 Å². The third kappa shape index (κ3) is 3.34. The minimum atomic E-state index is -0.979. The quantitative estimate of drug-likeness (QED) is 0.878. The van der Waals surface area contributed by atoms with Crippen LogP contribution in [0.15, 0.2) is 18.2 Å². The molecule has 0 unspecified atom stereocenters. The van der Waals surface area contributed by atoms with Gasteiger partial charge in [0.15, 0.2) is 0 Å². The monoisotopic (exact) mass is 261 g/mol. The normalized spacial score (nSPS) is 16.1. The zero-order valence-corrected chi connectivity index (χ0v) is 11.1.